The zero-order valence-corrected chi connectivity index (χ0v) is 16.7. The van der Waals surface area contributed by atoms with Gasteiger partial charge in [-0.1, -0.05) is 17.7 Å². The summed E-state index contributed by atoms with van der Waals surface area (Å²) in [5, 5.41) is 0.593. The SMILES string of the molecule is O=C(CCOc1ccc(Cl)cc1)N1CCN(C(=O)c2cccc(C(F)(F)F)c2)CC1. The lowest BCUT2D eigenvalue weighted by atomic mass is 10.1. The maximum absolute atomic E-state index is 12.9. The van der Waals surface area contributed by atoms with Crippen molar-refractivity contribution in [2.45, 2.75) is 12.6 Å². The number of nitrogens with zero attached hydrogens (tertiary/aromatic N) is 2. The summed E-state index contributed by atoms with van der Waals surface area (Å²) in [4.78, 5) is 28.0. The molecule has 0 unspecified atom stereocenters. The molecule has 0 bridgehead atoms. The smallest absolute Gasteiger partial charge is 0.416 e. The van der Waals surface area contributed by atoms with Crippen LogP contribution in [0.3, 0.4) is 0 Å². The van der Waals surface area contributed by atoms with Crippen molar-refractivity contribution in [2.24, 2.45) is 0 Å². The number of piperazine rings is 1. The molecule has 30 heavy (non-hydrogen) atoms. The summed E-state index contributed by atoms with van der Waals surface area (Å²) in [5.74, 6) is 0.0399. The molecule has 0 spiro atoms. The van der Waals surface area contributed by atoms with Gasteiger partial charge in [0.2, 0.25) is 5.91 Å². The molecule has 1 aliphatic rings. The van der Waals surface area contributed by atoms with Gasteiger partial charge in [0, 0.05) is 36.8 Å². The maximum atomic E-state index is 12.9. The van der Waals surface area contributed by atoms with Gasteiger partial charge in [0.1, 0.15) is 5.75 Å². The van der Waals surface area contributed by atoms with Crippen LogP contribution in [-0.4, -0.2) is 54.4 Å². The number of halogens is 4. The van der Waals surface area contributed by atoms with E-state index in [4.69, 9.17) is 16.3 Å². The van der Waals surface area contributed by atoms with E-state index in [9.17, 15) is 22.8 Å². The van der Waals surface area contributed by atoms with E-state index >= 15 is 0 Å². The minimum atomic E-state index is -4.50. The molecule has 0 saturated carbocycles. The molecule has 1 aliphatic heterocycles. The molecule has 1 fully saturated rings. The molecular weight excluding hydrogens is 421 g/mol. The van der Waals surface area contributed by atoms with Crippen molar-refractivity contribution in [3.8, 4) is 5.75 Å². The van der Waals surface area contributed by atoms with Gasteiger partial charge in [-0.25, -0.2) is 0 Å². The van der Waals surface area contributed by atoms with Gasteiger partial charge in [-0.15, -0.1) is 0 Å². The molecule has 2 amide bonds. The van der Waals surface area contributed by atoms with Crippen LogP contribution in [-0.2, 0) is 11.0 Å². The van der Waals surface area contributed by atoms with E-state index in [-0.39, 0.29) is 37.6 Å². The molecule has 5 nitrogen and oxygen atoms in total. The summed E-state index contributed by atoms with van der Waals surface area (Å²) in [7, 11) is 0. The molecule has 1 heterocycles. The minimum absolute atomic E-state index is 0.0130. The van der Waals surface area contributed by atoms with Gasteiger partial charge in [-0.05, 0) is 42.5 Å². The van der Waals surface area contributed by atoms with Crippen molar-refractivity contribution in [3.05, 3.63) is 64.7 Å². The minimum Gasteiger partial charge on any atom is -0.493 e. The largest absolute Gasteiger partial charge is 0.493 e. The summed E-state index contributed by atoms with van der Waals surface area (Å²) >= 11 is 5.80. The Morgan fingerprint density at radius 3 is 2.23 bits per heavy atom. The number of hydrogen-bond donors (Lipinski definition) is 0. The van der Waals surface area contributed by atoms with Crippen LogP contribution in [0.4, 0.5) is 13.2 Å². The molecule has 3 rings (SSSR count). The number of alkyl halides is 3. The van der Waals surface area contributed by atoms with Gasteiger partial charge in [0.25, 0.3) is 5.91 Å². The lowest BCUT2D eigenvalue weighted by molar-refractivity contribution is -0.137. The molecule has 9 heteroatoms. The topological polar surface area (TPSA) is 49.9 Å². The van der Waals surface area contributed by atoms with Gasteiger partial charge in [-0.3, -0.25) is 9.59 Å². The van der Waals surface area contributed by atoms with Crippen LogP contribution in [0.2, 0.25) is 5.02 Å². The fourth-order valence-electron chi connectivity index (χ4n) is 3.12. The van der Waals surface area contributed by atoms with Gasteiger partial charge in [0.15, 0.2) is 0 Å². The molecule has 0 atom stereocenters. The number of benzene rings is 2. The molecule has 0 aromatic heterocycles. The Labute approximate surface area is 177 Å². The Morgan fingerprint density at radius 1 is 0.967 bits per heavy atom. The van der Waals surface area contributed by atoms with Crippen LogP contribution >= 0.6 is 11.6 Å². The first kappa shape index (κ1) is 22.0. The van der Waals surface area contributed by atoms with Crippen molar-refractivity contribution in [1.29, 1.82) is 0 Å². The third-order valence-corrected chi connectivity index (χ3v) is 5.01. The van der Waals surface area contributed by atoms with Crippen LogP contribution in [0.25, 0.3) is 0 Å². The monoisotopic (exact) mass is 440 g/mol. The highest BCUT2D eigenvalue weighted by atomic mass is 35.5. The average molecular weight is 441 g/mol. The zero-order chi connectivity index (χ0) is 21.7. The van der Waals surface area contributed by atoms with E-state index in [0.717, 1.165) is 12.1 Å². The van der Waals surface area contributed by atoms with Crippen LogP contribution in [0.15, 0.2) is 48.5 Å². The zero-order valence-electron chi connectivity index (χ0n) is 16.0. The van der Waals surface area contributed by atoms with E-state index in [0.29, 0.717) is 23.9 Å². The summed E-state index contributed by atoms with van der Waals surface area (Å²) < 4.78 is 44.1. The highest BCUT2D eigenvalue weighted by Gasteiger charge is 2.32. The predicted molar refractivity (Wildman–Crippen MR) is 105 cm³/mol. The second-order valence-electron chi connectivity index (χ2n) is 6.80. The molecule has 0 radical (unpaired) electrons. The van der Waals surface area contributed by atoms with Crippen LogP contribution in [0, 0.1) is 0 Å². The van der Waals surface area contributed by atoms with Crippen molar-refractivity contribution < 1.29 is 27.5 Å². The van der Waals surface area contributed by atoms with Crippen molar-refractivity contribution >= 4 is 23.4 Å². The Bertz CT molecular complexity index is 895. The molecule has 1 saturated heterocycles. The second-order valence-corrected chi connectivity index (χ2v) is 7.24. The number of hydrogen-bond acceptors (Lipinski definition) is 3. The molecular formula is C21H20ClF3N2O3. The standard InChI is InChI=1S/C21H20ClF3N2O3/c22-17-4-6-18(7-5-17)30-13-8-19(28)26-9-11-27(12-10-26)20(29)15-2-1-3-16(14-15)21(23,24)25/h1-7,14H,8-13H2. The number of amides is 2. The molecule has 2 aromatic carbocycles. The predicted octanol–water partition coefficient (Wildman–Crippen LogP) is 4.11. The summed E-state index contributed by atoms with van der Waals surface area (Å²) in [5.41, 5.74) is -0.871. The Morgan fingerprint density at radius 2 is 1.60 bits per heavy atom. The average Bonchev–Trinajstić information content (AvgIpc) is 2.74. The van der Waals surface area contributed by atoms with Crippen LogP contribution < -0.4 is 4.74 Å². The van der Waals surface area contributed by atoms with Crippen LogP contribution in [0.1, 0.15) is 22.3 Å². The molecule has 160 valence electrons. The lowest BCUT2D eigenvalue weighted by Gasteiger charge is -2.35. The summed E-state index contributed by atoms with van der Waals surface area (Å²) in [6, 6.07) is 11.2. The van der Waals surface area contributed by atoms with E-state index in [2.05, 4.69) is 0 Å². The Hall–Kier alpha value is -2.74. The Balaban J connectivity index is 1.47. The van der Waals surface area contributed by atoms with Crippen molar-refractivity contribution in [1.82, 2.24) is 9.80 Å². The van der Waals surface area contributed by atoms with E-state index < -0.39 is 17.6 Å². The molecule has 2 aromatic rings. The molecule has 0 aliphatic carbocycles. The number of rotatable bonds is 5. The Kier molecular flexibility index (Phi) is 6.87. The normalized spacial score (nSPS) is 14.5. The van der Waals surface area contributed by atoms with Gasteiger partial charge >= 0.3 is 6.18 Å². The number of ether oxygens (including phenoxy) is 1. The number of carbonyl (C=O) groups excluding carboxylic acids is 2. The lowest BCUT2D eigenvalue weighted by Crippen LogP contribution is -2.50. The van der Waals surface area contributed by atoms with Gasteiger partial charge in [-0.2, -0.15) is 13.2 Å². The van der Waals surface area contributed by atoms with Crippen LogP contribution in [0.5, 0.6) is 5.75 Å². The quantitative estimate of drug-likeness (QED) is 0.703. The van der Waals surface area contributed by atoms with E-state index in [1.165, 1.54) is 17.0 Å². The van der Waals surface area contributed by atoms with Gasteiger partial charge in [0.05, 0.1) is 18.6 Å². The second kappa shape index (κ2) is 9.38. The van der Waals surface area contributed by atoms with E-state index in [1.54, 1.807) is 29.2 Å². The maximum Gasteiger partial charge on any atom is 0.416 e. The van der Waals surface area contributed by atoms with Gasteiger partial charge < -0.3 is 14.5 Å². The number of carbonyl (C=O) groups is 2. The third-order valence-electron chi connectivity index (χ3n) is 4.75. The first-order valence-corrected chi connectivity index (χ1v) is 9.74. The summed E-state index contributed by atoms with van der Waals surface area (Å²) in [6.07, 6.45) is -4.32. The highest BCUT2D eigenvalue weighted by Crippen LogP contribution is 2.29. The molecule has 0 N–H and O–H groups in total. The summed E-state index contributed by atoms with van der Waals surface area (Å²) in [6.45, 7) is 1.39. The first-order valence-electron chi connectivity index (χ1n) is 9.37. The fraction of sp³-hybridized carbons (Fsp3) is 0.333. The van der Waals surface area contributed by atoms with Crippen molar-refractivity contribution in [3.63, 3.8) is 0 Å². The fourth-order valence-corrected chi connectivity index (χ4v) is 3.24. The highest BCUT2D eigenvalue weighted by molar-refractivity contribution is 6.30. The third kappa shape index (κ3) is 5.66. The first-order chi connectivity index (χ1) is 14.2. The van der Waals surface area contributed by atoms with E-state index in [1.807, 2.05) is 0 Å². The van der Waals surface area contributed by atoms with Crippen molar-refractivity contribution in [2.75, 3.05) is 32.8 Å².